The van der Waals surface area contributed by atoms with E-state index in [1.54, 1.807) is 0 Å². The summed E-state index contributed by atoms with van der Waals surface area (Å²) in [4.78, 5) is 4.65. The third-order valence-corrected chi connectivity index (χ3v) is 5.61. The maximum Gasteiger partial charge on any atom is 0.191 e. The molecule has 0 spiro atoms. The van der Waals surface area contributed by atoms with Gasteiger partial charge in [-0.15, -0.1) is 0 Å². The molecule has 0 radical (unpaired) electrons. The normalized spacial score (nSPS) is 40.4. The predicted molar refractivity (Wildman–Crippen MR) is 86.5 cm³/mol. The summed E-state index contributed by atoms with van der Waals surface area (Å²) in [6.45, 7) is 10.8. The van der Waals surface area contributed by atoms with Crippen molar-refractivity contribution in [2.24, 2.45) is 22.2 Å². The molecule has 5 atom stereocenters. The molecule has 0 bridgehead atoms. The number of nitrogens with one attached hydrogen (secondary N) is 2. The number of nitrogens with zero attached hydrogens (tertiary/aromatic N) is 1. The summed E-state index contributed by atoms with van der Waals surface area (Å²) in [5.74, 6) is 2.54. The molecule has 0 aromatic heterocycles. The standard InChI is InChI=1S/C17H31N3O/c1-5-7-11-10-13(11)19-16(18-6-2)20-14-12-8-9-21-15(12)17(14,3)4/h11-15H,5-10H2,1-4H3,(H2,18,19,20). The molecular weight excluding hydrogens is 262 g/mol. The topological polar surface area (TPSA) is 45.7 Å². The molecule has 2 aliphatic carbocycles. The SMILES string of the molecule is CCCC1CC1NC(=NCC)NC1C2CCOC2C1(C)C. The van der Waals surface area contributed by atoms with Gasteiger partial charge >= 0.3 is 0 Å². The molecule has 120 valence electrons. The van der Waals surface area contributed by atoms with E-state index in [0.29, 0.717) is 24.1 Å². The van der Waals surface area contributed by atoms with Crippen molar-refractivity contribution in [3.8, 4) is 0 Å². The molecule has 5 unspecified atom stereocenters. The average Bonchev–Trinajstić information content (AvgIpc) is 3.01. The molecule has 1 aliphatic heterocycles. The minimum atomic E-state index is 0.212. The number of guanidine groups is 1. The van der Waals surface area contributed by atoms with Gasteiger partial charge in [-0.2, -0.15) is 0 Å². The summed E-state index contributed by atoms with van der Waals surface area (Å²) in [5, 5.41) is 7.35. The number of ether oxygens (including phenoxy) is 1. The zero-order chi connectivity index (χ0) is 15.0. The van der Waals surface area contributed by atoms with Gasteiger partial charge in [0.05, 0.1) is 6.10 Å². The van der Waals surface area contributed by atoms with Crippen LogP contribution in [-0.2, 0) is 4.74 Å². The summed E-state index contributed by atoms with van der Waals surface area (Å²) < 4.78 is 5.88. The van der Waals surface area contributed by atoms with Crippen LogP contribution in [0.25, 0.3) is 0 Å². The Labute approximate surface area is 129 Å². The molecule has 3 fully saturated rings. The largest absolute Gasteiger partial charge is 0.377 e. The van der Waals surface area contributed by atoms with Crippen LogP contribution in [0.5, 0.6) is 0 Å². The second kappa shape index (κ2) is 5.79. The van der Waals surface area contributed by atoms with E-state index in [9.17, 15) is 0 Å². The van der Waals surface area contributed by atoms with Crippen LogP contribution in [0, 0.1) is 17.3 Å². The third kappa shape index (κ3) is 2.79. The van der Waals surface area contributed by atoms with E-state index in [1.165, 1.54) is 25.7 Å². The molecule has 0 aromatic rings. The molecule has 2 N–H and O–H groups in total. The van der Waals surface area contributed by atoms with Crippen molar-refractivity contribution < 1.29 is 4.74 Å². The third-order valence-electron chi connectivity index (χ3n) is 5.61. The van der Waals surface area contributed by atoms with E-state index >= 15 is 0 Å². The zero-order valence-electron chi connectivity index (χ0n) is 14.0. The van der Waals surface area contributed by atoms with E-state index in [1.807, 2.05) is 0 Å². The quantitative estimate of drug-likeness (QED) is 0.605. The van der Waals surface area contributed by atoms with Gasteiger partial charge in [0.25, 0.3) is 0 Å². The highest BCUT2D eigenvalue weighted by molar-refractivity contribution is 5.81. The molecule has 21 heavy (non-hydrogen) atoms. The lowest BCUT2D eigenvalue weighted by Crippen LogP contribution is -2.68. The van der Waals surface area contributed by atoms with Crippen molar-refractivity contribution in [3.63, 3.8) is 0 Å². The molecule has 4 heteroatoms. The molecule has 2 saturated carbocycles. The minimum Gasteiger partial charge on any atom is -0.377 e. The Morgan fingerprint density at radius 3 is 2.81 bits per heavy atom. The first-order chi connectivity index (χ1) is 10.1. The summed E-state index contributed by atoms with van der Waals surface area (Å²) in [7, 11) is 0. The maximum atomic E-state index is 5.88. The summed E-state index contributed by atoms with van der Waals surface area (Å²) in [6, 6.07) is 1.13. The summed E-state index contributed by atoms with van der Waals surface area (Å²) in [6.07, 6.45) is 5.55. The fourth-order valence-corrected chi connectivity index (χ4v) is 4.35. The van der Waals surface area contributed by atoms with Crippen molar-refractivity contribution in [3.05, 3.63) is 0 Å². The Bertz CT molecular complexity index is 407. The Kier molecular flexibility index (Phi) is 4.17. The van der Waals surface area contributed by atoms with Crippen LogP contribution in [-0.4, -0.2) is 37.3 Å². The van der Waals surface area contributed by atoms with Crippen LogP contribution in [0.4, 0.5) is 0 Å². The molecule has 1 saturated heterocycles. The highest BCUT2D eigenvalue weighted by Crippen LogP contribution is 2.52. The van der Waals surface area contributed by atoms with Gasteiger partial charge in [0.2, 0.25) is 0 Å². The van der Waals surface area contributed by atoms with Gasteiger partial charge in [-0.3, -0.25) is 4.99 Å². The van der Waals surface area contributed by atoms with Gasteiger partial charge in [-0.05, 0) is 32.1 Å². The lowest BCUT2D eigenvalue weighted by Gasteiger charge is -2.55. The van der Waals surface area contributed by atoms with Crippen LogP contribution in [0.3, 0.4) is 0 Å². The Morgan fingerprint density at radius 1 is 1.29 bits per heavy atom. The number of rotatable bonds is 5. The summed E-state index contributed by atoms with van der Waals surface area (Å²) in [5.41, 5.74) is 0.212. The Hall–Kier alpha value is -0.770. The molecule has 4 nitrogen and oxygen atoms in total. The van der Waals surface area contributed by atoms with Crippen LogP contribution < -0.4 is 10.6 Å². The van der Waals surface area contributed by atoms with Crippen molar-refractivity contribution in [1.29, 1.82) is 0 Å². The first-order valence-corrected chi connectivity index (χ1v) is 8.77. The first-order valence-electron chi connectivity index (χ1n) is 8.77. The van der Waals surface area contributed by atoms with Crippen molar-refractivity contribution in [2.45, 2.75) is 71.6 Å². The highest BCUT2D eigenvalue weighted by atomic mass is 16.5. The predicted octanol–water partition coefficient (Wildman–Crippen LogP) is 2.54. The second-order valence-corrected chi connectivity index (χ2v) is 7.55. The van der Waals surface area contributed by atoms with E-state index in [0.717, 1.165) is 25.0 Å². The van der Waals surface area contributed by atoms with E-state index < -0.39 is 0 Å². The van der Waals surface area contributed by atoms with Gasteiger partial charge < -0.3 is 15.4 Å². The number of hydrogen-bond acceptors (Lipinski definition) is 2. The average molecular weight is 293 g/mol. The van der Waals surface area contributed by atoms with Crippen molar-refractivity contribution >= 4 is 5.96 Å². The van der Waals surface area contributed by atoms with Gasteiger partial charge in [0.1, 0.15) is 0 Å². The van der Waals surface area contributed by atoms with Gasteiger partial charge in [-0.1, -0.05) is 27.2 Å². The Balaban J connectivity index is 1.57. The maximum absolute atomic E-state index is 5.88. The first kappa shape index (κ1) is 15.1. The van der Waals surface area contributed by atoms with Crippen LogP contribution in [0.1, 0.15) is 53.4 Å². The smallest absolute Gasteiger partial charge is 0.191 e. The van der Waals surface area contributed by atoms with E-state index in [-0.39, 0.29) is 5.41 Å². The number of aliphatic imine (C=N–C) groups is 1. The van der Waals surface area contributed by atoms with Crippen LogP contribution in [0.2, 0.25) is 0 Å². The molecule has 3 aliphatic rings. The second-order valence-electron chi connectivity index (χ2n) is 7.55. The fourth-order valence-electron chi connectivity index (χ4n) is 4.35. The molecular formula is C17H31N3O. The van der Waals surface area contributed by atoms with Crippen molar-refractivity contribution in [1.82, 2.24) is 10.6 Å². The van der Waals surface area contributed by atoms with Gasteiger partial charge in [0.15, 0.2) is 5.96 Å². The van der Waals surface area contributed by atoms with Crippen molar-refractivity contribution in [2.75, 3.05) is 13.2 Å². The van der Waals surface area contributed by atoms with Crippen LogP contribution in [0.15, 0.2) is 4.99 Å². The van der Waals surface area contributed by atoms with Gasteiger partial charge in [-0.25, -0.2) is 0 Å². The minimum absolute atomic E-state index is 0.212. The van der Waals surface area contributed by atoms with Crippen LogP contribution >= 0.6 is 0 Å². The fraction of sp³-hybridized carbons (Fsp3) is 0.941. The lowest BCUT2D eigenvalue weighted by molar-refractivity contribution is -0.106. The number of hydrogen-bond donors (Lipinski definition) is 2. The van der Waals surface area contributed by atoms with Gasteiger partial charge in [0, 0.05) is 36.6 Å². The zero-order valence-corrected chi connectivity index (χ0v) is 14.0. The Morgan fingerprint density at radius 2 is 2.10 bits per heavy atom. The van der Waals surface area contributed by atoms with E-state index in [4.69, 9.17) is 4.74 Å². The highest BCUT2D eigenvalue weighted by Gasteiger charge is 2.59. The molecule has 0 aromatic carbocycles. The number of fused-ring (bicyclic) bond motifs is 1. The van der Waals surface area contributed by atoms with E-state index in [2.05, 4.69) is 43.3 Å². The molecule has 1 heterocycles. The lowest BCUT2D eigenvalue weighted by atomic mass is 9.57. The molecule has 0 amide bonds. The summed E-state index contributed by atoms with van der Waals surface area (Å²) >= 11 is 0. The monoisotopic (exact) mass is 293 g/mol. The molecule has 3 rings (SSSR count).